The van der Waals surface area contributed by atoms with Crippen LogP contribution in [0, 0.1) is 0 Å². The van der Waals surface area contributed by atoms with Gasteiger partial charge in [-0.3, -0.25) is 0 Å². The summed E-state index contributed by atoms with van der Waals surface area (Å²) in [7, 11) is 0. The van der Waals surface area contributed by atoms with E-state index in [0.717, 1.165) is 12.8 Å². The van der Waals surface area contributed by atoms with E-state index >= 15 is 0 Å². The normalized spacial score (nSPS) is 12.1. The summed E-state index contributed by atoms with van der Waals surface area (Å²) < 4.78 is 0. The summed E-state index contributed by atoms with van der Waals surface area (Å²) >= 11 is 0. The van der Waals surface area contributed by atoms with E-state index < -0.39 is 0 Å². The Bertz CT molecular complexity index is 179. The molecule has 2 nitrogen and oxygen atoms in total. The van der Waals surface area contributed by atoms with Gasteiger partial charge in [-0.05, 0) is 19.4 Å². The monoisotopic (exact) mass is 321 g/mol. The molecular formula is C18H40ClNO. The predicted octanol–water partition coefficient (Wildman–Crippen LogP) is 5.60. The van der Waals surface area contributed by atoms with Crippen LogP contribution in [0.25, 0.3) is 0 Å². The van der Waals surface area contributed by atoms with Gasteiger partial charge in [0.25, 0.3) is 0 Å². The Morgan fingerprint density at radius 3 is 1.43 bits per heavy atom. The molecule has 1 atom stereocenters. The van der Waals surface area contributed by atoms with Crippen LogP contribution in [0.5, 0.6) is 0 Å². The maximum Gasteiger partial charge on any atom is 0.0552 e. The molecule has 0 spiro atoms. The van der Waals surface area contributed by atoms with Gasteiger partial charge >= 0.3 is 0 Å². The lowest BCUT2D eigenvalue weighted by molar-refractivity contribution is 0.153. The van der Waals surface area contributed by atoms with Crippen LogP contribution in [0.3, 0.4) is 0 Å². The molecule has 0 aromatic carbocycles. The Hall–Kier alpha value is 0.210. The standard InChI is InChI=1S/C18H39NO.ClH/c1-2-3-4-5-6-7-8-9-10-11-12-13-14-15-18(20)16-17-19;/h18,20H,2-17,19H2,1H3;1H. The third-order valence-electron chi connectivity index (χ3n) is 4.14. The highest BCUT2D eigenvalue weighted by molar-refractivity contribution is 5.85. The van der Waals surface area contributed by atoms with Crippen LogP contribution >= 0.6 is 12.4 Å². The second-order valence-electron chi connectivity index (χ2n) is 6.26. The van der Waals surface area contributed by atoms with Crippen molar-refractivity contribution in [1.29, 1.82) is 0 Å². The van der Waals surface area contributed by atoms with E-state index in [1.165, 1.54) is 83.5 Å². The Labute approximate surface area is 139 Å². The number of halogens is 1. The molecule has 0 heterocycles. The van der Waals surface area contributed by atoms with E-state index in [1.807, 2.05) is 0 Å². The van der Waals surface area contributed by atoms with E-state index in [2.05, 4.69) is 6.92 Å². The first-order valence-electron chi connectivity index (χ1n) is 9.19. The molecule has 3 heteroatoms. The Morgan fingerprint density at radius 2 is 1.05 bits per heavy atom. The van der Waals surface area contributed by atoms with Crippen LogP contribution < -0.4 is 5.73 Å². The minimum atomic E-state index is -0.160. The minimum absolute atomic E-state index is 0. The fraction of sp³-hybridized carbons (Fsp3) is 1.00. The van der Waals surface area contributed by atoms with Gasteiger partial charge in [0.2, 0.25) is 0 Å². The fourth-order valence-electron chi connectivity index (χ4n) is 2.73. The molecule has 0 aliphatic rings. The number of aliphatic hydroxyl groups is 1. The lowest BCUT2D eigenvalue weighted by Crippen LogP contribution is -2.12. The highest BCUT2D eigenvalue weighted by Gasteiger charge is 2.01. The number of hydrogen-bond donors (Lipinski definition) is 2. The molecule has 0 fully saturated rings. The third kappa shape index (κ3) is 20.2. The average molecular weight is 322 g/mol. The molecule has 0 radical (unpaired) electrons. The lowest BCUT2D eigenvalue weighted by Gasteiger charge is -2.08. The van der Waals surface area contributed by atoms with Crippen molar-refractivity contribution in [1.82, 2.24) is 0 Å². The number of rotatable bonds is 16. The van der Waals surface area contributed by atoms with Gasteiger partial charge in [-0.25, -0.2) is 0 Å². The van der Waals surface area contributed by atoms with Crippen LogP contribution in [-0.2, 0) is 0 Å². The van der Waals surface area contributed by atoms with Crippen molar-refractivity contribution in [2.45, 2.75) is 109 Å². The highest BCUT2D eigenvalue weighted by Crippen LogP contribution is 2.13. The highest BCUT2D eigenvalue weighted by atomic mass is 35.5. The molecule has 0 rings (SSSR count). The molecule has 0 bridgehead atoms. The van der Waals surface area contributed by atoms with Crippen LogP contribution in [0.1, 0.15) is 103 Å². The van der Waals surface area contributed by atoms with Crippen LogP contribution in [0.2, 0.25) is 0 Å². The zero-order chi connectivity index (χ0) is 14.9. The van der Waals surface area contributed by atoms with Crippen molar-refractivity contribution >= 4 is 12.4 Å². The molecule has 130 valence electrons. The Kier molecular flexibility index (Phi) is 22.6. The number of hydrogen-bond acceptors (Lipinski definition) is 2. The second-order valence-corrected chi connectivity index (χ2v) is 6.26. The van der Waals surface area contributed by atoms with Crippen molar-refractivity contribution in [3.63, 3.8) is 0 Å². The second kappa shape index (κ2) is 20.2. The van der Waals surface area contributed by atoms with Crippen LogP contribution in [-0.4, -0.2) is 17.8 Å². The topological polar surface area (TPSA) is 46.2 Å². The number of nitrogens with two attached hydrogens (primary N) is 1. The van der Waals surface area contributed by atoms with Crippen molar-refractivity contribution in [3.05, 3.63) is 0 Å². The number of unbranched alkanes of at least 4 members (excludes halogenated alkanes) is 12. The van der Waals surface area contributed by atoms with Crippen molar-refractivity contribution in [2.75, 3.05) is 6.54 Å². The van der Waals surface area contributed by atoms with Gasteiger partial charge in [-0.15, -0.1) is 12.4 Å². The molecular weight excluding hydrogens is 282 g/mol. The fourth-order valence-corrected chi connectivity index (χ4v) is 2.73. The maximum absolute atomic E-state index is 9.55. The van der Waals surface area contributed by atoms with Crippen molar-refractivity contribution in [3.8, 4) is 0 Å². The molecule has 0 aromatic heterocycles. The zero-order valence-electron chi connectivity index (χ0n) is 14.3. The summed E-state index contributed by atoms with van der Waals surface area (Å²) in [5, 5.41) is 9.55. The quantitative estimate of drug-likeness (QED) is 0.363. The maximum atomic E-state index is 9.55. The summed E-state index contributed by atoms with van der Waals surface area (Å²) in [6, 6.07) is 0. The Balaban J connectivity index is 0. The van der Waals surface area contributed by atoms with E-state index in [-0.39, 0.29) is 18.5 Å². The molecule has 0 aliphatic heterocycles. The van der Waals surface area contributed by atoms with E-state index in [9.17, 15) is 5.11 Å². The van der Waals surface area contributed by atoms with E-state index in [1.54, 1.807) is 0 Å². The predicted molar refractivity (Wildman–Crippen MR) is 97.2 cm³/mol. The summed E-state index contributed by atoms with van der Waals surface area (Å²) in [6.45, 7) is 2.89. The van der Waals surface area contributed by atoms with Crippen molar-refractivity contribution < 1.29 is 5.11 Å². The summed E-state index contributed by atoms with van der Waals surface area (Å²) in [6.07, 6.45) is 19.5. The van der Waals surface area contributed by atoms with Gasteiger partial charge in [-0.2, -0.15) is 0 Å². The van der Waals surface area contributed by atoms with Crippen molar-refractivity contribution in [2.24, 2.45) is 5.73 Å². The molecule has 21 heavy (non-hydrogen) atoms. The average Bonchev–Trinajstić information content (AvgIpc) is 2.44. The summed E-state index contributed by atoms with van der Waals surface area (Å²) in [4.78, 5) is 0. The molecule has 0 saturated heterocycles. The summed E-state index contributed by atoms with van der Waals surface area (Å²) in [5.74, 6) is 0. The Morgan fingerprint density at radius 1 is 0.667 bits per heavy atom. The molecule has 0 amide bonds. The van der Waals surface area contributed by atoms with Crippen LogP contribution in [0.4, 0.5) is 0 Å². The molecule has 3 N–H and O–H groups in total. The van der Waals surface area contributed by atoms with Gasteiger partial charge in [-0.1, -0.05) is 90.4 Å². The first-order valence-corrected chi connectivity index (χ1v) is 9.19. The summed E-state index contributed by atoms with van der Waals surface area (Å²) in [5.41, 5.74) is 5.41. The molecule has 1 unspecified atom stereocenters. The van der Waals surface area contributed by atoms with Crippen LogP contribution in [0.15, 0.2) is 0 Å². The molecule has 0 saturated carbocycles. The first kappa shape index (κ1) is 23.5. The van der Waals surface area contributed by atoms with Gasteiger partial charge in [0.1, 0.15) is 0 Å². The smallest absolute Gasteiger partial charge is 0.0552 e. The lowest BCUT2D eigenvalue weighted by atomic mass is 10.0. The first-order chi connectivity index (χ1) is 9.81. The van der Waals surface area contributed by atoms with E-state index in [0.29, 0.717) is 6.54 Å². The van der Waals surface area contributed by atoms with Gasteiger partial charge in [0.15, 0.2) is 0 Å². The number of aliphatic hydroxyl groups excluding tert-OH is 1. The largest absolute Gasteiger partial charge is 0.393 e. The third-order valence-corrected chi connectivity index (χ3v) is 4.14. The SMILES string of the molecule is CCCCCCCCCCCCCCCC(O)CCN.Cl. The van der Waals surface area contributed by atoms with Gasteiger partial charge in [0, 0.05) is 0 Å². The zero-order valence-corrected chi connectivity index (χ0v) is 15.1. The van der Waals surface area contributed by atoms with Gasteiger partial charge in [0.05, 0.1) is 6.10 Å². The van der Waals surface area contributed by atoms with E-state index in [4.69, 9.17) is 5.73 Å². The molecule has 0 aliphatic carbocycles. The minimum Gasteiger partial charge on any atom is -0.393 e. The van der Waals surface area contributed by atoms with Gasteiger partial charge < -0.3 is 10.8 Å². The molecule has 0 aromatic rings.